The summed E-state index contributed by atoms with van der Waals surface area (Å²) in [7, 11) is -2.65. The fourth-order valence-electron chi connectivity index (χ4n) is 5.13. The van der Waals surface area contributed by atoms with Gasteiger partial charge in [0.05, 0.1) is 5.56 Å². The van der Waals surface area contributed by atoms with E-state index in [0.717, 1.165) is 6.42 Å². The first-order chi connectivity index (χ1) is 18.7. The molecule has 0 radical (unpaired) electrons. The van der Waals surface area contributed by atoms with Gasteiger partial charge in [-0.05, 0) is 65.7 Å². The number of ether oxygens (including phenoxy) is 1. The lowest BCUT2D eigenvalue weighted by molar-refractivity contribution is 0.0276. The average Bonchev–Trinajstić information content (AvgIpc) is 2.94. The first-order valence-corrected chi connectivity index (χ1v) is 15.9. The van der Waals surface area contributed by atoms with Crippen molar-refractivity contribution in [2.75, 3.05) is 6.61 Å². The van der Waals surface area contributed by atoms with Crippen LogP contribution in [0.2, 0.25) is 5.04 Å². The van der Waals surface area contributed by atoms with Gasteiger partial charge in [-0.25, -0.2) is 4.79 Å². The molecule has 0 heterocycles. The van der Waals surface area contributed by atoms with E-state index in [4.69, 9.17) is 9.16 Å². The zero-order valence-electron chi connectivity index (χ0n) is 24.0. The van der Waals surface area contributed by atoms with Gasteiger partial charge in [0, 0.05) is 12.7 Å². The Balaban J connectivity index is 1.83. The van der Waals surface area contributed by atoms with E-state index in [2.05, 4.69) is 101 Å². The van der Waals surface area contributed by atoms with Crippen LogP contribution in [0.3, 0.4) is 0 Å². The first-order valence-electron chi connectivity index (χ1n) is 14.0. The Bertz CT molecular complexity index is 1120. The molecule has 4 nitrogen and oxygen atoms in total. The van der Waals surface area contributed by atoms with Crippen LogP contribution in [0, 0.1) is 5.92 Å². The molecule has 0 saturated heterocycles. The van der Waals surface area contributed by atoms with Crippen LogP contribution in [0.15, 0.2) is 103 Å². The minimum atomic E-state index is -2.65. The zero-order valence-corrected chi connectivity index (χ0v) is 25.0. The van der Waals surface area contributed by atoms with Crippen molar-refractivity contribution in [1.29, 1.82) is 0 Å². The molecule has 208 valence electrons. The minimum Gasteiger partial charge on any atom is -0.454 e. The molecule has 3 aromatic carbocycles. The van der Waals surface area contributed by atoms with Crippen molar-refractivity contribution in [3.8, 4) is 0 Å². The summed E-state index contributed by atoms with van der Waals surface area (Å²) >= 11 is 0. The smallest absolute Gasteiger partial charge is 0.338 e. The monoisotopic (exact) mass is 544 g/mol. The van der Waals surface area contributed by atoms with Gasteiger partial charge in [-0.2, -0.15) is 0 Å². The van der Waals surface area contributed by atoms with E-state index < -0.39 is 8.32 Å². The Hall–Kier alpha value is -2.99. The molecule has 0 amide bonds. The van der Waals surface area contributed by atoms with Crippen molar-refractivity contribution < 1.29 is 19.1 Å². The van der Waals surface area contributed by atoms with Gasteiger partial charge in [0.1, 0.15) is 6.10 Å². The molecule has 3 aromatic rings. The Labute approximate surface area is 235 Å². The van der Waals surface area contributed by atoms with Gasteiger partial charge >= 0.3 is 5.97 Å². The zero-order chi connectivity index (χ0) is 28.3. The van der Waals surface area contributed by atoms with Gasteiger partial charge in [0.2, 0.25) is 0 Å². The SMILES string of the molecule is C[C@@H](C/C=C\C(OC(=O)c1ccccc1)[C@@H](C)CCCO)O[Si](c1ccccc1)(c1ccccc1)C(C)(C)C. The standard InChI is InChI=1S/C34H44O4Si/c1-27(17-16-26-35)32(37-33(36)29-19-9-6-10-20-29)25-15-18-28(2)38-39(34(3,4)5,30-21-11-7-12-22-30)31-23-13-8-14-24-31/h6-15,19-25,27-28,32,35H,16-18,26H2,1-5H3/b25-15-/t27-,28-,32?/m0/s1. The van der Waals surface area contributed by atoms with Gasteiger partial charge < -0.3 is 14.3 Å². The van der Waals surface area contributed by atoms with E-state index in [9.17, 15) is 9.90 Å². The lowest BCUT2D eigenvalue weighted by Gasteiger charge is -2.44. The molecule has 0 aromatic heterocycles. The van der Waals surface area contributed by atoms with Gasteiger partial charge in [-0.15, -0.1) is 0 Å². The van der Waals surface area contributed by atoms with Crippen LogP contribution in [0.4, 0.5) is 0 Å². The molecule has 3 atom stereocenters. The molecule has 1 N–H and O–H groups in total. The second-order valence-electron chi connectivity index (χ2n) is 11.3. The maximum atomic E-state index is 12.8. The molecular weight excluding hydrogens is 500 g/mol. The number of benzene rings is 3. The van der Waals surface area contributed by atoms with E-state index in [1.165, 1.54) is 10.4 Å². The summed E-state index contributed by atoms with van der Waals surface area (Å²) in [5, 5.41) is 11.7. The van der Waals surface area contributed by atoms with Gasteiger partial charge in [-0.1, -0.05) is 113 Å². The molecule has 39 heavy (non-hydrogen) atoms. The minimum absolute atomic E-state index is 0.0502. The van der Waals surface area contributed by atoms with E-state index in [-0.39, 0.29) is 35.7 Å². The van der Waals surface area contributed by atoms with Gasteiger partial charge in [0.15, 0.2) is 0 Å². The van der Waals surface area contributed by atoms with Crippen molar-refractivity contribution in [2.24, 2.45) is 5.92 Å². The highest BCUT2D eigenvalue weighted by atomic mass is 28.4. The molecule has 0 aliphatic heterocycles. The Morgan fingerprint density at radius 2 is 1.38 bits per heavy atom. The van der Waals surface area contributed by atoms with E-state index in [0.29, 0.717) is 18.4 Å². The van der Waals surface area contributed by atoms with Crippen LogP contribution in [0.5, 0.6) is 0 Å². The predicted molar refractivity (Wildman–Crippen MR) is 163 cm³/mol. The molecule has 0 aliphatic carbocycles. The molecule has 0 fully saturated rings. The third-order valence-electron chi connectivity index (χ3n) is 7.22. The van der Waals surface area contributed by atoms with E-state index in [1.807, 2.05) is 24.3 Å². The number of carbonyl (C=O) groups is 1. The van der Waals surface area contributed by atoms with Crippen molar-refractivity contribution in [3.05, 3.63) is 109 Å². The number of aliphatic hydroxyl groups excluding tert-OH is 1. The fraction of sp³-hybridized carbons (Fsp3) is 0.382. The van der Waals surface area contributed by atoms with Gasteiger partial charge in [0.25, 0.3) is 8.32 Å². The highest BCUT2D eigenvalue weighted by molar-refractivity contribution is 6.99. The maximum absolute atomic E-state index is 12.8. The van der Waals surface area contributed by atoms with Crippen LogP contribution < -0.4 is 10.4 Å². The quantitative estimate of drug-likeness (QED) is 0.151. The second-order valence-corrected chi connectivity index (χ2v) is 15.6. The predicted octanol–water partition coefficient (Wildman–Crippen LogP) is 6.53. The molecular formula is C34H44O4Si. The lowest BCUT2D eigenvalue weighted by Crippen LogP contribution is -2.67. The Kier molecular flexibility index (Phi) is 11.3. The topological polar surface area (TPSA) is 55.8 Å². The van der Waals surface area contributed by atoms with Crippen LogP contribution >= 0.6 is 0 Å². The summed E-state index contributed by atoms with van der Waals surface area (Å²) in [6, 6.07) is 30.4. The van der Waals surface area contributed by atoms with Crippen LogP contribution in [-0.2, 0) is 9.16 Å². The highest BCUT2D eigenvalue weighted by Gasteiger charge is 2.50. The van der Waals surface area contributed by atoms with Crippen LogP contribution in [0.25, 0.3) is 0 Å². The maximum Gasteiger partial charge on any atom is 0.338 e. The average molecular weight is 545 g/mol. The van der Waals surface area contributed by atoms with E-state index >= 15 is 0 Å². The second kappa shape index (κ2) is 14.4. The summed E-state index contributed by atoms with van der Waals surface area (Å²) in [6.07, 6.45) is 5.77. The van der Waals surface area contributed by atoms with Crippen molar-refractivity contribution in [2.45, 2.75) is 71.1 Å². The van der Waals surface area contributed by atoms with Crippen molar-refractivity contribution in [3.63, 3.8) is 0 Å². The molecule has 0 spiro atoms. The molecule has 5 heteroatoms. The third-order valence-corrected chi connectivity index (χ3v) is 12.4. The molecule has 3 rings (SSSR count). The number of hydrogen-bond donors (Lipinski definition) is 1. The summed E-state index contributed by atoms with van der Waals surface area (Å²) in [5.41, 5.74) is 0.536. The van der Waals surface area contributed by atoms with E-state index in [1.54, 1.807) is 12.1 Å². The summed E-state index contributed by atoms with van der Waals surface area (Å²) < 4.78 is 13.1. The van der Waals surface area contributed by atoms with Crippen LogP contribution in [0.1, 0.15) is 64.2 Å². The van der Waals surface area contributed by atoms with Crippen LogP contribution in [-0.4, -0.2) is 38.2 Å². The Morgan fingerprint density at radius 1 is 0.872 bits per heavy atom. The molecule has 1 unspecified atom stereocenters. The molecule has 0 saturated carbocycles. The largest absolute Gasteiger partial charge is 0.454 e. The summed E-state index contributed by atoms with van der Waals surface area (Å²) in [6.45, 7) is 11.2. The first kappa shape index (κ1) is 30.5. The normalized spacial score (nSPS) is 14.6. The number of hydrogen-bond acceptors (Lipinski definition) is 4. The fourth-order valence-corrected chi connectivity index (χ4v) is 9.85. The Morgan fingerprint density at radius 3 is 1.87 bits per heavy atom. The lowest BCUT2D eigenvalue weighted by atomic mass is 9.98. The number of carbonyl (C=O) groups excluding carboxylic acids is 1. The highest BCUT2D eigenvalue weighted by Crippen LogP contribution is 2.37. The number of aliphatic hydroxyl groups is 1. The number of rotatable bonds is 13. The summed E-state index contributed by atoms with van der Waals surface area (Å²) in [5.74, 6) is -0.258. The van der Waals surface area contributed by atoms with Gasteiger partial charge in [-0.3, -0.25) is 0 Å². The van der Waals surface area contributed by atoms with Crippen molar-refractivity contribution in [1.82, 2.24) is 0 Å². The summed E-state index contributed by atoms with van der Waals surface area (Å²) in [4.78, 5) is 12.8. The third kappa shape index (κ3) is 8.01. The van der Waals surface area contributed by atoms with Crippen molar-refractivity contribution >= 4 is 24.7 Å². The molecule has 0 bridgehead atoms. The number of esters is 1. The molecule has 0 aliphatic rings.